The Kier molecular flexibility index (Phi) is 7.63. The van der Waals surface area contributed by atoms with E-state index in [9.17, 15) is 14.4 Å². The first-order chi connectivity index (χ1) is 17.3. The molecule has 0 aliphatic carbocycles. The van der Waals surface area contributed by atoms with E-state index in [-0.39, 0.29) is 12.3 Å². The SMILES string of the molecule is CC(=O)NC(CC(=O)OCC(=O)N1N=C(c2ccc(C)cc2)CC1c1ccco1)c1ccc(C)cc1. The monoisotopic (exact) mass is 487 g/mol. The number of furan rings is 1. The predicted molar refractivity (Wildman–Crippen MR) is 134 cm³/mol. The molecule has 0 bridgehead atoms. The third kappa shape index (κ3) is 6.07. The lowest BCUT2D eigenvalue weighted by Gasteiger charge is -2.20. The Hall–Kier alpha value is -4.20. The fourth-order valence-electron chi connectivity index (χ4n) is 4.09. The molecular weight excluding hydrogens is 458 g/mol. The number of hydrogen-bond acceptors (Lipinski definition) is 6. The summed E-state index contributed by atoms with van der Waals surface area (Å²) in [6, 6.07) is 18.0. The summed E-state index contributed by atoms with van der Waals surface area (Å²) >= 11 is 0. The Morgan fingerprint density at radius 3 is 2.33 bits per heavy atom. The van der Waals surface area contributed by atoms with Crippen LogP contribution in [0.25, 0.3) is 0 Å². The number of nitrogens with zero attached hydrogens (tertiary/aromatic N) is 2. The van der Waals surface area contributed by atoms with Crippen LogP contribution in [0.1, 0.15) is 59.9 Å². The van der Waals surface area contributed by atoms with Gasteiger partial charge in [-0.05, 0) is 37.1 Å². The molecule has 2 atom stereocenters. The molecule has 2 amide bonds. The molecule has 8 nitrogen and oxygen atoms in total. The van der Waals surface area contributed by atoms with Gasteiger partial charge in [0, 0.05) is 13.3 Å². The Morgan fingerprint density at radius 1 is 1.06 bits per heavy atom. The number of rotatable bonds is 8. The van der Waals surface area contributed by atoms with Gasteiger partial charge in [0.2, 0.25) is 5.91 Å². The second-order valence-corrected chi connectivity index (χ2v) is 8.91. The maximum absolute atomic E-state index is 13.1. The smallest absolute Gasteiger partial charge is 0.308 e. The molecule has 0 radical (unpaired) electrons. The number of carbonyl (C=O) groups excluding carboxylic acids is 3. The highest BCUT2D eigenvalue weighted by Gasteiger charge is 2.35. The number of hydrazone groups is 1. The fraction of sp³-hybridized carbons (Fsp3) is 0.286. The van der Waals surface area contributed by atoms with E-state index in [1.54, 1.807) is 18.4 Å². The molecule has 36 heavy (non-hydrogen) atoms. The highest BCUT2D eigenvalue weighted by Crippen LogP contribution is 2.33. The van der Waals surface area contributed by atoms with Gasteiger partial charge < -0.3 is 14.5 Å². The van der Waals surface area contributed by atoms with Crippen molar-refractivity contribution in [1.82, 2.24) is 10.3 Å². The van der Waals surface area contributed by atoms with Crippen LogP contribution < -0.4 is 5.32 Å². The van der Waals surface area contributed by atoms with Gasteiger partial charge >= 0.3 is 5.97 Å². The lowest BCUT2D eigenvalue weighted by Crippen LogP contribution is -2.32. The van der Waals surface area contributed by atoms with E-state index in [0.29, 0.717) is 12.2 Å². The predicted octanol–water partition coefficient (Wildman–Crippen LogP) is 4.38. The number of esters is 1. The van der Waals surface area contributed by atoms with Crippen molar-refractivity contribution < 1.29 is 23.5 Å². The number of ether oxygens (including phenoxy) is 1. The first-order valence-electron chi connectivity index (χ1n) is 11.8. The van der Waals surface area contributed by atoms with Crippen molar-refractivity contribution in [3.63, 3.8) is 0 Å². The van der Waals surface area contributed by atoms with E-state index in [2.05, 4.69) is 10.4 Å². The normalized spacial score (nSPS) is 15.8. The van der Waals surface area contributed by atoms with E-state index in [4.69, 9.17) is 9.15 Å². The van der Waals surface area contributed by atoms with Crippen LogP contribution in [0.2, 0.25) is 0 Å². The average molecular weight is 488 g/mol. The minimum atomic E-state index is -0.598. The van der Waals surface area contributed by atoms with Gasteiger partial charge in [-0.2, -0.15) is 5.10 Å². The second kappa shape index (κ2) is 11.0. The Labute approximate surface area is 209 Å². The number of aryl methyl sites for hydroxylation is 2. The lowest BCUT2D eigenvalue weighted by molar-refractivity contribution is -0.153. The molecule has 3 aromatic rings. The molecule has 0 spiro atoms. The van der Waals surface area contributed by atoms with Gasteiger partial charge in [0.25, 0.3) is 5.91 Å². The maximum atomic E-state index is 13.1. The molecule has 2 unspecified atom stereocenters. The van der Waals surface area contributed by atoms with Gasteiger partial charge in [-0.3, -0.25) is 14.4 Å². The van der Waals surface area contributed by atoms with Crippen molar-refractivity contribution in [2.24, 2.45) is 5.10 Å². The molecule has 0 fully saturated rings. The minimum absolute atomic E-state index is 0.102. The van der Waals surface area contributed by atoms with Crippen LogP contribution in [0.5, 0.6) is 0 Å². The molecule has 186 valence electrons. The van der Waals surface area contributed by atoms with Crippen LogP contribution >= 0.6 is 0 Å². The van der Waals surface area contributed by atoms with Crippen molar-refractivity contribution in [3.8, 4) is 0 Å². The highest BCUT2D eigenvalue weighted by molar-refractivity contribution is 6.03. The third-order valence-electron chi connectivity index (χ3n) is 6.01. The van der Waals surface area contributed by atoms with Crippen molar-refractivity contribution in [1.29, 1.82) is 0 Å². The standard InChI is InChI=1S/C28H29N3O5/c1-18-6-10-21(11-7-18)23(29-20(3)32)16-28(34)36-17-27(33)31-25(26-5-4-14-35-26)15-24(30-31)22-12-8-19(2)9-13-22/h4-14,23,25H,15-17H2,1-3H3,(H,29,32). The van der Waals surface area contributed by atoms with Crippen molar-refractivity contribution in [3.05, 3.63) is 94.9 Å². The number of nitrogens with one attached hydrogen (secondary N) is 1. The Balaban J connectivity index is 1.44. The summed E-state index contributed by atoms with van der Waals surface area (Å²) in [6.07, 6.45) is 1.93. The summed E-state index contributed by atoms with van der Waals surface area (Å²) in [6.45, 7) is 4.88. The van der Waals surface area contributed by atoms with Crippen molar-refractivity contribution in [2.45, 2.75) is 45.7 Å². The molecule has 1 aliphatic heterocycles. The molecule has 1 aliphatic rings. The van der Waals surface area contributed by atoms with Crippen LogP contribution in [0.15, 0.2) is 76.4 Å². The van der Waals surface area contributed by atoms with Crippen LogP contribution in [-0.2, 0) is 19.1 Å². The molecule has 0 saturated carbocycles. The summed E-state index contributed by atoms with van der Waals surface area (Å²) in [5.41, 5.74) is 4.64. The summed E-state index contributed by atoms with van der Waals surface area (Å²) in [7, 11) is 0. The van der Waals surface area contributed by atoms with Gasteiger partial charge in [-0.25, -0.2) is 5.01 Å². The van der Waals surface area contributed by atoms with Crippen LogP contribution in [0, 0.1) is 13.8 Å². The zero-order valence-electron chi connectivity index (χ0n) is 20.6. The Bertz CT molecular complexity index is 1250. The van der Waals surface area contributed by atoms with E-state index in [1.165, 1.54) is 11.9 Å². The van der Waals surface area contributed by atoms with E-state index in [1.807, 2.05) is 62.4 Å². The highest BCUT2D eigenvalue weighted by atomic mass is 16.5. The quantitative estimate of drug-likeness (QED) is 0.475. The maximum Gasteiger partial charge on any atom is 0.308 e. The fourth-order valence-corrected chi connectivity index (χ4v) is 4.09. The average Bonchev–Trinajstić information content (AvgIpc) is 3.53. The van der Waals surface area contributed by atoms with Crippen LogP contribution in [0.3, 0.4) is 0 Å². The molecule has 0 saturated heterocycles. The van der Waals surface area contributed by atoms with Gasteiger partial charge in [0.05, 0.1) is 24.4 Å². The summed E-state index contributed by atoms with van der Waals surface area (Å²) in [5.74, 6) is -0.719. The Morgan fingerprint density at radius 2 is 1.72 bits per heavy atom. The topological polar surface area (TPSA) is 101 Å². The molecule has 4 rings (SSSR count). The summed E-state index contributed by atoms with van der Waals surface area (Å²) < 4.78 is 10.9. The molecule has 2 aromatic carbocycles. The summed E-state index contributed by atoms with van der Waals surface area (Å²) in [4.78, 5) is 37.4. The van der Waals surface area contributed by atoms with Crippen molar-refractivity contribution >= 4 is 23.5 Å². The number of benzene rings is 2. The number of carbonyl (C=O) groups is 3. The summed E-state index contributed by atoms with van der Waals surface area (Å²) in [5, 5.41) is 8.65. The first kappa shape index (κ1) is 24.9. The van der Waals surface area contributed by atoms with Gasteiger partial charge in [-0.15, -0.1) is 0 Å². The zero-order chi connectivity index (χ0) is 25.7. The largest absolute Gasteiger partial charge is 0.467 e. The van der Waals surface area contributed by atoms with Gasteiger partial charge in [0.15, 0.2) is 6.61 Å². The first-order valence-corrected chi connectivity index (χ1v) is 11.8. The second-order valence-electron chi connectivity index (χ2n) is 8.91. The van der Waals surface area contributed by atoms with Crippen LogP contribution in [-0.4, -0.2) is 35.1 Å². The molecule has 1 aromatic heterocycles. The van der Waals surface area contributed by atoms with E-state index < -0.39 is 30.6 Å². The minimum Gasteiger partial charge on any atom is -0.467 e. The van der Waals surface area contributed by atoms with Gasteiger partial charge in [0.1, 0.15) is 11.8 Å². The van der Waals surface area contributed by atoms with E-state index in [0.717, 1.165) is 28.0 Å². The zero-order valence-corrected chi connectivity index (χ0v) is 20.6. The van der Waals surface area contributed by atoms with Crippen LogP contribution in [0.4, 0.5) is 0 Å². The molecule has 1 N–H and O–H groups in total. The molecule has 2 heterocycles. The van der Waals surface area contributed by atoms with Gasteiger partial charge in [-0.1, -0.05) is 59.7 Å². The number of amides is 2. The van der Waals surface area contributed by atoms with E-state index >= 15 is 0 Å². The van der Waals surface area contributed by atoms with Crippen molar-refractivity contribution in [2.75, 3.05) is 6.61 Å². The molecular formula is C28H29N3O5. The lowest BCUT2D eigenvalue weighted by atomic mass is 10.0. The third-order valence-corrected chi connectivity index (χ3v) is 6.01. The number of hydrogen-bond donors (Lipinski definition) is 1. The molecule has 8 heteroatoms.